The minimum absolute atomic E-state index is 0.0175. The first-order valence-electron chi connectivity index (χ1n) is 7.71. The molecule has 0 aromatic heterocycles. The van der Waals surface area contributed by atoms with Gasteiger partial charge in [-0.2, -0.15) is 0 Å². The lowest BCUT2D eigenvalue weighted by atomic mass is 9.86. The summed E-state index contributed by atoms with van der Waals surface area (Å²) in [5, 5.41) is 4.54. The van der Waals surface area contributed by atoms with Crippen molar-refractivity contribution < 1.29 is 0 Å². The number of rotatable bonds is 8. The second-order valence-corrected chi connectivity index (χ2v) is 6.14. The van der Waals surface area contributed by atoms with Crippen molar-refractivity contribution >= 4 is 11.6 Å². The third-order valence-corrected chi connectivity index (χ3v) is 4.44. The standard InChI is InChI=1S/C17H29ClN2/c1-6-13-19-16(14-11-9-10-12-15(14)18)17(4,5)20(7-2)8-3/h9-12,16,19H,6-8,13H2,1-5H3. The molecule has 0 spiro atoms. The average molecular weight is 297 g/mol. The lowest BCUT2D eigenvalue weighted by Crippen LogP contribution is -2.52. The molecule has 0 radical (unpaired) electrons. The van der Waals surface area contributed by atoms with E-state index in [-0.39, 0.29) is 11.6 Å². The van der Waals surface area contributed by atoms with Crippen molar-refractivity contribution in [3.05, 3.63) is 34.9 Å². The van der Waals surface area contributed by atoms with Gasteiger partial charge in [0, 0.05) is 10.6 Å². The van der Waals surface area contributed by atoms with Crippen molar-refractivity contribution in [2.24, 2.45) is 0 Å². The topological polar surface area (TPSA) is 15.3 Å². The first kappa shape index (κ1) is 17.5. The molecule has 1 unspecified atom stereocenters. The highest BCUT2D eigenvalue weighted by molar-refractivity contribution is 6.31. The van der Waals surface area contributed by atoms with Gasteiger partial charge in [0.1, 0.15) is 0 Å². The molecule has 20 heavy (non-hydrogen) atoms. The van der Waals surface area contributed by atoms with Gasteiger partial charge in [0.15, 0.2) is 0 Å². The summed E-state index contributed by atoms with van der Waals surface area (Å²) in [5.41, 5.74) is 1.21. The van der Waals surface area contributed by atoms with E-state index in [0.717, 1.165) is 31.1 Å². The van der Waals surface area contributed by atoms with Gasteiger partial charge in [-0.25, -0.2) is 0 Å². The molecule has 0 aliphatic carbocycles. The first-order valence-corrected chi connectivity index (χ1v) is 8.09. The maximum atomic E-state index is 6.44. The van der Waals surface area contributed by atoms with Crippen LogP contribution >= 0.6 is 11.6 Å². The molecule has 1 rings (SSSR count). The molecule has 1 aromatic carbocycles. The van der Waals surface area contributed by atoms with Crippen LogP contribution in [0.15, 0.2) is 24.3 Å². The molecule has 0 heterocycles. The Morgan fingerprint density at radius 2 is 1.75 bits per heavy atom. The van der Waals surface area contributed by atoms with E-state index in [2.05, 4.69) is 57.0 Å². The minimum Gasteiger partial charge on any atom is -0.308 e. The number of halogens is 1. The number of likely N-dealkylation sites (N-methyl/N-ethyl adjacent to an activating group) is 1. The molecule has 0 fully saturated rings. The summed E-state index contributed by atoms with van der Waals surface area (Å²) in [4.78, 5) is 2.49. The summed E-state index contributed by atoms with van der Waals surface area (Å²) in [7, 11) is 0. The van der Waals surface area contributed by atoms with Gasteiger partial charge in [0.05, 0.1) is 6.04 Å². The molecule has 2 nitrogen and oxygen atoms in total. The fraction of sp³-hybridized carbons (Fsp3) is 0.647. The monoisotopic (exact) mass is 296 g/mol. The van der Waals surface area contributed by atoms with Crippen molar-refractivity contribution in [3.8, 4) is 0 Å². The average Bonchev–Trinajstić information content (AvgIpc) is 2.42. The number of nitrogens with one attached hydrogen (secondary N) is 1. The Bertz CT molecular complexity index is 400. The van der Waals surface area contributed by atoms with Gasteiger partial charge < -0.3 is 5.32 Å². The summed E-state index contributed by atoms with van der Waals surface area (Å²) in [5.74, 6) is 0. The minimum atomic E-state index is 0.0175. The highest BCUT2D eigenvalue weighted by atomic mass is 35.5. The van der Waals surface area contributed by atoms with Gasteiger partial charge in [-0.05, 0) is 51.5 Å². The molecule has 1 atom stereocenters. The highest BCUT2D eigenvalue weighted by Gasteiger charge is 2.35. The van der Waals surface area contributed by atoms with E-state index in [0.29, 0.717) is 0 Å². The maximum Gasteiger partial charge on any atom is 0.0516 e. The second-order valence-electron chi connectivity index (χ2n) is 5.73. The van der Waals surface area contributed by atoms with Crippen molar-refractivity contribution in [2.45, 2.75) is 52.6 Å². The van der Waals surface area contributed by atoms with Crippen LogP contribution in [0.1, 0.15) is 52.6 Å². The summed E-state index contributed by atoms with van der Waals surface area (Å²) in [6.07, 6.45) is 1.12. The fourth-order valence-electron chi connectivity index (χ4n) is 2.96. The number of hydrogen-bond acceptors (Lipinski definition) is 2. The van der Waals surface area contributed by atoms with Crippen molar-refractivity contribution in [1.29, 1.82) is 0 Å². The van der Waals surface area contributed by atoms with E-state index >= 15 is 0 Å². The predicted molar refractivity (Wildman–Crippen MR) is 89.5 cm³/mol. The molecule has 0 saturated carbocycles. The smallest absolute Gasteiger partial charge is 0.0516 e. The van der Waals surface area contributed by atoms with E-state index < -0.39 is 0 Å². The van der Waals surface area contributed by atoms with Crippen LogP contribution in [0.2, 0.25) is 5.02 Å². The van der Waals surface area contributed by atoms with Gasteiger partial charge in [-0.15, -0.1) is 0 Å². The Hall–Kier alpha value is -0.570. The molecule has 0 bridgehead atoms. The van der Waals surface area contributed by atoms with Gasteiger partial charge in [0.2, 0.25) is 0 Å². The van der Waals surface area contributed by atoms with Gasteiger partial charge in [0.25, 0.3) is 0 Å². The van der Waals surface area contributed by atoms with Crippen molar-refractivity contribution in [1.82, 2.24) is 10.2 Å². The highest BCUT2D eigenvalue weighted by Crippen LogP contribution is 2.34. The molecule has 0 saturated heterocycles. The molecule has 0 aliphatic rings. The number of nitrogens with zero attached hydrogens (tertiary/aromatic N) is 1. The molecule has 0 amide bonds. The summed E-state index contributed by atoms with van der Waals surface area (Å²) in [6.45, 7) is 14.3. The van der Waals surface area contributed by atoms with Crippen LogP contribution in [-0.2, 0) is 0 Å². The third-order valence-electron chi connectivity index (χ3n) is 4.10. The predicted octanol–water partition coefficient (Wildman–Crippen LogP) is 4.50. The quantitative estimate of drug-likeness (QED) is 0.760. The molecule has 114 valence electrons. The van der Waals surface area contributed by atoms with Crippen molar-refractivity contribution in [2.75, 3.05) is 19.6 Å². The van der Waals surface area contributed by atoms with E-state index in [1.165, 1.54) is 5.56 Å². The Morgan fingerprint density at radius 3 is 2.25 bits per heavy atom. The lowest BCUT2D eigenvalue weighted by Gasteiger charge is -2.44. The largest absolute Gasteiger partial charge is 0.308 e. The Balaban J connectivity index is 3.14. The third kappa shape index (κ3) is 3.97. The van der Waals surface area contributed by atoms with E-state index in [1.54, 1.807) is 0 Å². The maximum absolute atomic E-state index is 6.44. The summed E-state index contributed by atoms with van der Waals surface area (Å²) >= 11 is 6.44. The van der Waals surface area contributed by atoms with Crippen LogP contribution in [0.4, 0.5) is 0 Å². The second kappa shape index (κ2) is 8.02. The molecule has 0 aliphatic heterocycles. The zero-order chi connectivity index (χ0) is 15.2. The van der Waals surface area contributed by atoms with Crippen LogP contribution in [0, 0.1) is 0 Å². The van der Waals surface area contributed by atoms with Crippen LogP contribution in [0.3, 0.4) is 0 Å². The first-order chi connectivity index (χ1) is 9.48. The van der Waals surface area contributed by atoms with Gasteiger partial charge >= 0.3 is 0 Å². The summed E-state index contributed by atoms with van der Waals surface area (Å²) < 4.78 is 0. The zero-order valence-electron chi connectivity index (χ0n) is 13.5. The van der Waals surface area contributed by atoms with Crippen LogP contribution < -0.4 is 5.32 Å². The zero-order valence-corrected chi connectivity index (χ0v) is 14.3. The van der Waals surface area contributed by atoms with E-state index in [9.17, 15) is 0 Å². The van der Waals surface area contributed by atoms with Crippen molar-refractivity contribution in [3.63, 3.8) is 0 Å². The fourth-order valence-corrected chi connectivity index (χ4v) is 3.20. The number of hydrogen-bond donors (Lipinski definition) is 1. The normalized spacial score (nSPS) is 13.8. The molecule has 1 aromatic rings. The SMILES string of the molecule is CCCNC(c1ccccc1Cl)C(C)(C)N(CC)CC. The van der Waals surface area contributed by atoms with Crippen LogP contribution in [0.5, 0.6) is 0 Å². The Morgan fingerprint density at radius 1 is 1.15 bits per heavy atom. The lowest BCUT2D eigenvalue weighted by molar-refractivity contribution is 0.0912. The van der Waals surface area contributed by atoms with Gasteiger partial charge in [-0.3, -0.25) is 4.90 Å². The van der Waals surface area contributed by atoms with Gasteiger partial charge in [-0.1, -0.05) is 50.6 Å². The molecular formula is C17H29ClN2. The molecule has 3 heteroatoms. The van der Waals surface area contributed by atoms with Crippen LogP contribution in [-0.4, -0.2) is 30.1 Å². The van der Waals surface area contributed by atoms with E-state index in [1.807, 2.05) is 12.1 Å². The van der Waals surface area contributed by atoms with E-state index in [4.69, 9.17) is 11.6 Å². The van der Waals surface area contributed by atoms with Crippen LogP contribution in [0.25, 0.3) is 0 Å². The molecule has 1 N–H and O–H groups in total. The molecular weight excluding hydrogens is 268 g/mol. The Kier molecular flexibility index (Phi) is 7.01. The Labute approximate surface area is 129 Å². The number of benzene rings is 1. The summed E-state index contributed by atoms with van der Waals surface area (Å²) in [6, 6.07) is 8.42.